The van der Waals surface area contributed by atoms with Crippen LogP contribution in [0.5, 0.6) is 0 Å². The fourth-order valence-electron chi connectivity index (χ4n) is 3.90. The van der Waals surface area contributed by atoms with Gasteiger partial charge >= 0.3 is 6.09 Å². The van der Waals surface area contributed by atoms with Gasteiger partial charge in [-0.2, -0.15) is 8.42 Å². The van der Waals surface area contributed by atoms with Gasteiger partial charge in [-0.1, -0.05) is 11.6 Å². The lowest BCUT2D eigenvalue weighted by molar-refractivity contribution is 0.0240. The summed E-state index contributed by atoms with van der Waals surface area (Å²) < 4.78 is 35.2. The number of hydrogen-bond donors (Lipinski definition) is 0. The summed E-state index contributed by atoms with van der Waals surface area (Å²) in [5, 5.41) is 1.59. The van der Waals surface area contributed by atoms with Crippen LogP contribution in [0.3, 0.4) is 0 Å². The minimum Gasteiger partial charge on any atom is -0.444 e. The Balaban J connectivity index is 1.43. The van der Waals surface area contributed by atoms with Crippen molar-refractivity contribution in [2.75, 3.05) is 31.1 Å². The number of amides is 1. The third kappa shape index (κ3) is 3.99. The SMILES string of the molecule is CC(C)(C)OC(=O)N1CCN(c2cnc3ccn(S(=O)(=O)c4c(Cl)nc5sccn45)c3c2)CC1. The number of nitrogens with zero attached hydrogens (tertiary/aromatic N) is 6. The molecule has 0 saturated carbocycles. The van der Waals surface area contributed by atoms with E-state index in [2.05, 4.69) is 14.9 Å². The Labute approximate surface area is 205 Å². The highest BCUT2D eigenvalue weighted by Crippen LogP contribution is 2.30. The molecule has 0 bridgehead atoms. The number of pyridine rings is 1. The largest absolute Gasteiger partial charge is 0.444 e. The minimum absolute atomic E-state index is 0.0731. The molecule has 13 heteroatoms. The molecule has 5 heterocycles. The van der Waals surface area contributed by atoms with Gasteiger partial charge in [-0.3, -0.25) is 9.38 Å². The number of imidazole rings is 1. The van der Waals surface area contributed by atoms with Gasteiger partial charge < -0.3 is 14.5 Å². The van der Waals surface area contributed by atoms with Crippen molar-refractivity contribution in [3.8, 4) is 0 Å². The topological polar surface area (TPSA) is 102 Å². The summed E-state index contributed by atoms with van der Waals surface area (Å²) >= 11 is 7.51. The van der Waals surface area contributed by atoms with Gasteiger partial charge in [0.25, 0.3) is 10.0 Å². The van der Waals surface area contributed by atoms with Gasteiger partial charge in [-0.25, -0.2) is 13.8 Å². The third-order valence-corrected chi connectivity index (χ3v) is 8.31. The molecule has 4 aromatic heterocycles. The van der Waals surface area contributed by atoms with Gasteiger partial charge in [0.05, 0.1) is 22.9 Å². The first kappa shape index (κ1) is 22.9. The lowest BCUT2D eigenvalue weighted by Crippen LogP contribution is -2.50. The van der Waals surface area contributed by atoms with E-state index in [1.807, 2.05) is 20.8 Å². The van der Waals surface area contributed by atoms with Crippen molar-refractivity contribution in [3.05, 3.63) is 41.3 Å². The van der Waals surface area contributed by atoms with Crippen LogP contribution >= 0.6 is 22.9 Å². The van der Waals surface area contributed by atoms with E-state index in [9.17, 15) is 13.2 Å². The Morgan fingerprint density at radius 1 is 1.18 bits per heavy atom. The second kappa shape index (κ2) is 8.14. The summed E-state index contributed by atoms with van der Waals surface area (Å²) in [6.07, 6.45) is 4.48. The van der Waals surface area contributed by atoms with E-state index in [0.717, 1.165) is 5.69 Å². The van der Waals surface area contributed by atoms with E-state index < -0.39 is 15.6 Å². The van der Waals surface area contributed by atoms with Gasteiger partial charge in [0.2, 0.25) is 5.03 Å². The standard InChI is InChI=1S/C21H23ClN6O4S2/c1-21(2,3)32-20(29)26-8-6-25(7-9-26)14-12-16-15(23-13-14)4-5-28(16)34(30,31)18-17(22)24-19-27(18)10-11-33-19/h4-5,10-13H,6-9H2,1-3H3. The van der Waals surface area contributed by atoms with Gasteiger partial charge in [-0.05, 0) is 32.9 Å². The first-order valence-corrected chi connectivity index (χ1v) is 13.3. The van der Waals surface area contributed by atoms with Crippen molar-refractivity contribution < 1.29 is 17.9 Å². The molecule has 1 saturated heterocycles. The molecule has 1 fully saturated rings. The number of thiazole rings is 1. The highest BCUT2D eigenvalue weighted by atomic mass is 35.5. The van der Waals surface area contributed by atoms with Gasteiger partial charge in [0.15, 0.2) is 10.1 Å². The zero-order chi connectivity index (χ0) is 24.3. The Bertz CT molecular complexity index is 1490. The maximum absolute atomic E-state index is 13.5. The number of aromatic nitrogens is 4. The number of anilines is 1. The van der Waals surface area contributed by atoms with Crippen LogP contribution in [0.2, 0.25) is 5.15 Å². The smallest absolute Gasteiger partial charge is 0.410 e. The van der Waals surface area contributed by atoms with E-state index in [1.54, 1.807) is 34.8 Å². The summed E-state index contributed by atoms with van der Waals surface area (Å²) in [7, 11) is -4.03. The molecule has 1 aliphatic rings. The molecule has 0 aliphatic carbocycles. The molecule has 1 amide bonds. The molecule has 180 valence electrons. The van der Waals surface area contributed by atoms with Gasteiger partial charge in [0, 0.05) is 44.0 Å². The number of carbonyl (C=O) groups is 1. The molecule has 10 nitrogen and oxygen atoms in total. The average molecular weight is 523 g/mol. The van der Waals surface area contributed by atoms with Crippen molar-refractivity contribution in [1.82, 2.24) is 23.2 Å². The number of halogens is 1. The number of fused-ring (bicyclic) bond motifs is 2. The molecule has 0 aromatic carbocycles. The van der Waals surface area contributed by atoms with E-state index in [0.29, 0.717) is 42.2 Å². The molecule has 4 aromatic rings. The molecule has 0 spiro atoms. The van der Waals surface area contributed by atoms with Crippen LogP contribution in [0.25, 0.3) is 16.0 Å². The summed E-state index contributed by atoms with van der Waals surface area (Å²) in [5.41, 5.74) is 1.20. The molecule has 0 N–H and O–H groups in total. The van der Waals surface area contributed by atoms with E-state index in [1.165, 1.54) is 25.9 Å². The van der Waals surface area contributed by atoms with Crippen LogP contribution in [-0.4, -0.2) is 69.5 Å². The van der Waals surface area contributed by atoms with Crippen LogP contribution in [-0.2, 0) is 14.8 Å². The van der Waals surface area contributed by atoms with Crippen molar-refractivity contribution in [1.29, 1.82) is 0 Å². The number of piperazine rings is 1. The van der Waals surface area contributed by atoms with Crippen LogP contribution in [0, 0.1) is 0 Å². The highest BCUT2D eigenvalue weighted by molar-refractivity contribution is 7.90. The van der Waals surface area contributed by atoms with Crippen molar-refractivity contribution >= 4 is 60.7 Å². The Morgan fingerprint density at radius 3 is 2.62 bits per heavy atom. The van der Waals surface area contributed by atoms with Crippen LogP contribution < -0.4 is 4.90 Å². The van der Waals surface area contributed by atoms with E-state index >= 15 is 0 Å². The van der Waals surface area contributed by atoms with Crippen LogP contribution in [0.15, 0.2) is 41.1 Å². The summed E-state index contributed by atoms with van der Waals surface area (Å²) in [6, 6.07) is 3.44. The summed E-state index contributed by atoms with van der Waals surface area (Å²) in [4.78, 5) is 25.2. The second-order valence-corrected chi connectivity index (χ2v) is 11.9. The molecule has 5 rings (SSSR count). The van der Waals surface area contributed by atoms with Crippen molar-refractivity contribution in [2.24, 2.45) is 0 Å². The molecule has 1 aliphatic heterocycles. The first-order chi connectivity index (χ1) is 16.0. The predicted octanol–water partition coefficient (Wildman–Crippen LogP) is 3.69. The fourth-order valence-corrected chi connectivity index (χ4v) is 6.65. The Kier molecular flexibility index (Phi) is 5.49. The minimum atomic E-state index is -4.03. The summed E-state index contributed by atoms with van der Waals surface area (Å²) in [6.45, 7) is 7.65. The number of carbonyl (C=O) groups excluding carboxylic acids is 1. The van der Waals surface area contributed by atoms with Crippen molar-refractivity contribution in [3.63, 3.8) is 0 Å². The van der Waals surface area contributed by atoms with Gasteiger partial charge in [0.1, 0.15) is 5.60 Å². The summed E-state index contributed by atoms with van der Waals surface area (Å²) in [5.74, 6) is 0. The molecule has 34 heavy (non-hydrogen) atoms. The molecule has 0 radical (unpaired) electrons. The molecule has 0 atom stereocenters. The van der Waals surface area contributed by atoms with E-state index in [4.69, 9.17) is 16.3 Å². The monoisotopic (exact) mass is 522 g/mol. The number of rotatable bonds is 3. The highest BCUT2D eigenvalue weighted by Gasteiger charge is 2.29. The van der Waals surface area contributed by atoms with Gasteiger partial charge in [-0.15, -0.1) is 11.3 Å². The maximum Gasteiger partial charge on any atom is 0.410 e. The number of ether oxygens (including phenoxy) is 1. The number of hydrogen-bond acceptors (Lipinski definition) is 8. The average Bonchev–Trinajstić information content (AvgIpc) is 3.46. The van der Waals surface area contributed by atoms with Crippen LogP contribution in [0.1, 0.15) is 20.8 Å². The molecular weight excluding hydrogens is 500 g/mol. The molecular formula is C21H23ClN6O4S2. The zero-order valence-corrected chi connectivity index (χ0v) is 21.2. The molecule has 0 unspecified atom stereocenters. The Morgan fingerprint density at radius 2 is 1.91 bits per heavy atom. The van der Waals surface area contributed by atoms with Crippen molar-refractivity contribution in [2.45, 2.75) is 31.4 Å². The lowest BCUT2D eigenvalue weighted by Gasteiger charge is -2.36. The third-order valence-electron chi connectivity index (χ3n) is 5.47. The fraction of sp³-hybridized carbons (Fsp3) is 0.381. The van der Waals surface area contributed by atoms with E-state index in [-0.39, 0.29) is 16.3 Å². The lowest BCUT2D eigenvalue weighted by atomic mass is 10.2. The first-order valence-electron chi connectivity index (χ1n) is 10.6. The Hall–Kier alpha value is -2.83. The van der Waals surface area contributed by atoms with Crippen LogP contribution in [0.4, 0.5) is 10.5 Å². The quantitative estimate of drug-likeness (QED) is 0.404. The second-order valence-electron chi connectivity index (χ2n) is 8.93. The predicted molar refractivity (Wildman–Crippen MR) is 130 cm³/mol. The maximum atomic E-state index is 13.5. The zero-order valence-electron chi connectivity index (χ0n) is 18.8. The normalized spacial score (nSPS) is 15.4.